The van der Waals surface area contributed by atoms with Crippen molar-refractivity contribution in [2.75, 3.05) is 0 Å². The Morgan fingerprint density at radius 3 is 2.67 bits per heavy atom. The van der Waals surface area contributed by atoms with Gasteiger partial charge in [-0.2, -0.15) is 13.2 Å². The third kappa shape index (κ3) is 3.60. The molecule has 0 bridgehead atoms. The molecule has 0 fully saturated rings. The number of hydrogen-bond acceptors (Lipinski definition) is 4. The summed E-state index contributed by atoms with van der Waals surface area (Å²) in [5, 5.41) is 0.106. The van der Waals surface area contributed by atoms with Crippen molar-refractivity contribution in [2.45, 2.75) is 17.1 Å². The minimum absolute atomic E-state index is 0.106. The molecule has 0 aliphatic heterocycles. The van der Waals surface area contributed by atoms with Gasteiger partial charge < -0.3 is 0 Å². The van der Waals surface area contributed by atoms with Crippen LogP contribution in [0.25, 0.3) is 0 Å². The fraction of sp³-hybridized carbons (Fsp3) is 0.200. The van der Waals surface area contributed by atoms with E-state index in [9.17, 15) is 13.2 Å². The Morgan fingerprint density at radius 1 is 1.28 bits per heavy atom. The molecule has 0 unspecified atom stereocenters. The first kappa shape index (κ1) is 13.6. The lowest BCUT2D eigenvalue weighted by Gasteiger charge is -2.06. The number of thioether (sulfide) groups is 1. The highest BCUT2D eigenvalue weighted by molar-refractivity contribution is 7.98. The first-order valence-electron chi connectivity index (χ1n) is 4.72. The van der Waals surface area contributed by atoms with Crippen molar-refractivity contribution >= 4 is 34.7 Å². The average molecular weight is 311 g/mol. The van der Waals surface area contributed by atoms with E-state index in [1.165, 1.54) is 11.3 Å². The van der Waals surface area contributed by atoms with Crippen molar-refractivity contribution in [1.82, 2.24) is 9.97 Å². The predicted molar refractivity (Wildman–Crippen MR) is 65.9 cm³/mol. The number of aromatic nitrogens is 2. The standard InChI is InChI=1S/C10H6ClF3N2S2/c11-8-2-1-6(18-8)5-17-9-15-4-3-7(16-9)10(12,13)14/h1-4H,5H2. The number of rotatable bonds is 3. The maximum atomic E-state index is 12.4. The third-order valence-corrected chi connectivity index (χ3v) is 4.22. The van der Waals surface area contributed by atoms with Gasteiger partial charge in [-0.05, 0) is 18.2 Å². The maximum Gasteiger partial charge on any atom is 0.433 e. The molecule has 2 heterocycles. The second-order valence-electron chi connectivity index (χ2n) is 3.22. The third-order valence-electron chi connectivity index (χ3n) is 1.90. The highest BCUT2D eigenvalue weighted by Gasteiger charge is 2.32. The zero-order valence-corrected chi connectivity index (χ0v) is 11.1. The van der Waals surface area contributed by atoms with Crippen LogP contribution in [0.3, 0.4) is 0 Å². The van der Waals surface area contributed by atoms with E-state index in [0.29, 0.717) is 10.1 Å². The molecule has 0 N–H and O–H groups in total. The molecule has 8 heteroatoms. The largest absolute Gasteiger partial charge is 0.433 e. The fourth-order valence-electron chi connectivity index (χ4n) is 1.13. The summed E-state index contributed by atoms with van der Waals surface area (Å²) in [6.07, 6.45) is -3.33. The smallest absolute Gasteiger partial charge is 0.231 e. The van der Waals surface area contributed by atoms with Gasteiger partial charge in [0, 0.05) is 16.8 Å². The number of alkyl halides is 3. The average Bonchev–Trinajstić information content (AvgIpc) is 2.72. The molecule has 2 rings (SSSR count). The van der Waals surface area contributed by atoms with E-state index in [0.717, 1.165) is 28.9 Å². The summed E-state index contributed by atoms with van der Waals surface area (Å²) >= 11 is 8.29. The van der Waals surface area contributed by atoms with Crippen LogP contribution < -0.4 is 0 Å². The van der Waals surface area contributed by atoms with E-state index in [4.69, 9.17) is 11.6 Å². The molecule has 0 saturated carbocycles. The summed E-state index contributed by atoms with van der Waals surface area (Å²) in [6.45, 7) is 0. The van der Waals surface area contributed by atoms with Gasteiger partial charge in [-0.1, -0.05) is 23.4 Å². The molecule has 18 heavy (non-hydrogen) atoms. The number of halogens is 4. The Morgan fingerprint density at radius 2 is 2.06 bits per heavy atom. The molecular formula is C10H6ClF3N2S2. The molecule has 96 valence electrons. The molecule has 0 saturated heterocycles. The summed E-state index contributed by atoms with van der Waals surface area (Å²) < 4.78 is 37.9. The van der Waals surface area contributed by atoms with E-state index < -0.39 is 11.9 Å². The van der Waals surface area contributed by atoms with Crippen LogP contribution in [0.15, 0.2) is 29.6 Å². The van der Waals surface area contributed by atoms with Crippen LogP contribution in [0.4, 0.5) is 13.2 Å². The van der Waals surface area contributed by atoms with Gasteiger partial charge in [-0.15, -0.1) is 11.3 Å². The van der Waals surface area contributed by atoms with Crippen LogP contribution in [-0.2, 0) is 11.9 Å². The highest BCUT2D eigenvalue weighted by atomic mass is 35.5. The normalized spacial score (nSPS) is 11.8. The fourth-order valence-corrected chi connectivity index (χ4v) is 3.09. The van der Waals surface area contributed by atoms with Gasteiger partial charge in [0.1, 0.15) is 5.69 Å². The molecule has 2 aromatic rings. The second kappa shape index (κ2) is 5.46. The Bertz CT molecular complexity index is 542. The Hall–Kier alpha value is -0.790. The molecular weight excluding hydrogens is 305 g/mol. The molecule has 2 nitrogen and oxygen atoms in total. The van der Waals surface area contributed by atoms with Crippen molar-refractivity contribution in [2.24, 2.45) is 0 Å². The van der Waals surface area contributed by atoms with Crippen LogP contribution >= 0.6 is 34.7 Å². The highest BCUT2D eigenvalue weighted by Crippen LogP contribution is 2.30. The van der Waals surface area contributed by atoms with Crippen molar-refractivity contribution in [3.63, 3.8) is 0 Å². The van der Waals surface area contributed by atoms with Crippen LogP contribution in [-0.4, -0.2) is 9.97 Å². The minimum atomic E-state index is -4.44. The van der Waals surface area contributed by atoms with E-state index in [1.54, 1.807) is 6.07 Å². The zero-order chi connectivity index (χ0) is 13.2. The first-order chi connectivity index (χ1) is 8.45. The molecule has 0 amide bonds. The summed E-state index contributed by atoms with van der Waals surface area (Å²) in [5.74, 6) is 0.499. The Kier molecular flexibility index (Phi) is 4.14. The van der Waals surface area contributed by atoms with Gasteiger partial charge in [0.2, 0.25) is 0 Å². The van der Waals surface area contributed by atoms with Crippen molar-refractivity contribution in [1.29, 1.82) is 0 Å². The van der Waals surface area contributed by atoms with Crippen molar-refractivity contribution in [3.05, 3.63) is 39.3 Å². The first-order valence-corrected chi connectivity index (χ1v) is 6.90. The Balaban J connectivity index is 2.06. The van der Waals surface area contributed by atoms with Gasteiger partial charge in [0.25, 0.3) is 0 Å². The molecule has 0 spiro atoms. The topological polar surface area (TPSA) is 25.8 Å². The van der Waals surface area contributed by atoms with Gasteiger partial charge >= 0.3 is 6.18 Å². The number of hydrogen-bond donors (Lipinski definition) is 0. The van der Waals surface area contributed by atoms with Crippen LogP contribution in [0.5, 0.6) is 0 Å². The predicted octanol–water partition coefficient (Wildman–Crippen LogP) is 4.50. The molecule has 0 radical (unpaired) electrons. The number of nitrogens with zero attached hydrogens (tertiary/aromatic N) is 2. The van der Waals surface area contributed by atoms with E-state index in [2.05, 4.69) is 9.97 Å². The minimum Gasteiger partial charge on any atom is -0.231 e. The van der Waals surface area contributed by atoms with E-state index >= 15 is 0 Å². The van der Waals surface area contributed by atoms with E-state index in [-0.39, 0.29) is 5.16 Å². The quantitative estimate of drug-likeness (QED) is 0.616. The summed E-state index contributed by atoms with van der Waals surface area (Å²) in [4.78, 5) is 8.23. The lowest BCUT2D eigenvalue weighted by Crippen LogP contribution is -2.08. The van der Waals surface area contributed by atoms with Crippen molar-refractivity contribution < 1.29 is 13.2 Å². The van der Waals surface area contributed by atoms with Crippen molar-refractivity contribution in [3.8, 4) is 0 Å². The summed E-state index contributed by atoms with van der Waals surface area (Å²) in [6, 6.07) is 4.43. The van der Waals surface area contributed by atoms with Crippen LogP contribution in [0, 0.1) is 0 Å². The molecule has 2 aromatic heterocycles. The lowest BCUT2D eigenvalue weighted by atomic mass is 10.4. The monoisotopic (exact) mass is 310 g/mol. The summed E-state index contributed by atoms with van der Waals surface area (Å²) in [7, 11) is 0. The van der Waals surface area contributed by atoms with Gasteiger partial charge in [-0.25, -0.2) is 9.97 Å². The molecule has 0 aromatic carbocycles. The van der Waals surface area contributed by atoms with Gasteiger partial charge in [0.15, 0.2) is 5.16 Å². The lowest BCUT2D eigenvalue weighted by molar-refractivity contribution is -0.141. The van der Waals surface area contributed by atoms with Gasteiger partial charge in [-0.3, -0.25) is 0 Å². The van der Waals surface area contributed by atoms with Crippen LogP contribution in [0.2, 0.25) is 4.34 Å². The van der Waals surface area contributed by atoms with E-state index in [1.807, 2.05) is 6.07 Å². The SMILES string of the molecule is FC(F)(F)c1ccnc(SCc2ccc(Cl)s2)n1. The second-order valence-corrected chi connectivity index (χ2v) is 5.96. The maximum absolute atomic E-state index is 12.4. The Labute approximate surface area is 114 Å². The van der Waals surface area contributed by atoms with Crippen LogP contribution in [0.1, 0.15) is 10.6 Å². The number of thiophene rings is 1. The molecule has 0 atom stereocenters. The zero-order valence-electron chi connectivity index (χ0n) is 8.74. The molecule has 0 aliphatic rings. The summed E-state index contributed by atoms with van der Waals surface area (Å²) in [5.41, 5.74) is -0.927. The van der Waals surface area contributed by atoms with Gasteiger partial charge in [0.05, 0.1) is 4.34 Å². The molecule has 0 aliphatic carbocycles.